The zero-order valence-electron chi connectivity index (χ0n) is 9.43. The Morgan fingerprint density at radius 1 is 1.41 bits per heavy atom. The van der Waals surface area contributed by atoms with Gasteiger partial charge < -0.3 is 10.6 Å². The fraction of sp³-hybridized carbons (Fsp3) is 0.300. The van der Waals surface area contributed by atoms with E-state index in [9.17, 15) is 13.2 Å². The summed E-state index contributed by atoms with van der Waals surface area (Å²) in [6.07, 6.45) is 0. The summed E-state index contributed by atoms with van der Waals surface area (Å²) < 4.78 is 22.2. The molecule has 0 aliphatic heterocycles. The van der Waals surface area contributed by atoms with Crippen molar-refractivity contribution in [1.82, 2.24) is 5.32 Å². The Balaban J connectivity index is 2.76. The molecule has 0 saturated carbocycles. The normalized spacial score (nSPS) is 11.2. The Kier molecular flexibility index (Phi) is 4.62. The molecule has 17 heavy (non-hydrogen) atoms. The van der Waals surface area contributed by atoms with E-state index in [-0.39, 0.29) is 17.3 Å². The van der Waals surface area contributed by atoms with E-state index in [1.807, 2.05) is 6.92 Å². The fourth-order valence-electron chi connectivity index (χ4n) is 1.19. The van der Waals surface area contributed by atoms with Crippen molar-refractivity contribution in [1.29, 1.82) is 0 Å². The number of carbonyl (C=O) groups excluding carboxylic acids is 1. The van der Waals surface area contributed by atoms with Crippen LogP contribution < -0.4 is 15.8 Å². The number of carbonyl (C=O) groups is 1. The summed E-state index contributed by atoms with van der Waals surface area (Å²) in [5.74, 6) is -0.238. The van der Waals surface area contributed by atoms with Crippen molar-refractivity contribution in [2.75, 3.05) is 18.4 Å². The highest BCUT2D eigenvalue weighted by Crippen LogP contribution is 2.13. The van der Waals surface area contributed by atoms with Crippen LogP contribution in [0.1, 0.15) is 6.92 Å². The van der Waals surface area contributed by atoms with Crippen molar-refractivity contribution in [3.8, 4) is 0 Å². The highest BCUT2D eigenvalue weighted by atomic mass is 32.2. The third-order valence-corrected chi connectivity index (χ3v) is 2.89. The lowest BCUT2D eigenvalue weighted by atomic mass is 10.3. The van der Waals surface area contributed by atoms with E-state index in [1.54, 1.807) is 6.07 Å². The zero-order chi connectivity index (χ0) is 12.9. The maximum atomic E-state index is 11.4. The Morgan fingerprint density at radius 3 is 2.71 bits per heavy atom. The molecular weight excluding hydrogens is 242 g/mol. The van der Waals surface area contributed by atoms with Gasteiger partial charge in [-0.05, 0) is 24.7 Å². The molecule has 0 aromatic heterocycles. The molecule has 1 rings (SSSR count). The number of sulfonamides is 1. The van der Waals surface area contributed by atoms with Gasteiger partial charge in [0.15, 0.2) is 0 Å². The van der Waals surface area contributed by atoms with E-state index in [1.165, 1.54) is 18.2 Å². The number of primary sulfonamides is 1. The van der Waals surface area contributed by atoms with Crippen LogP contribution in [0.5, 0.6) is 0 Å². The number of anilines is 1. The maximum Gasteiger partial charge on any atom is 0.238 e. The maximum absolute atomic E-state index is 11.4. The van der Waals surface area contributed by atoms with Crippen molar-refractivity contribution in [2.45, 2.75) is 11.8 Å². The van der Waals surface area contributed by atoms with E-state index in [0.29, 0.717) is 12.2 Å². The molecule has 0 bridgehead atoms. The number of nitrogens with one attached hydrogen (secondary N) is 2. The third kappa shape index (κ3) is 4.51. The summed E-state index contributed by atoms with van der Waals surface area (Å²) in [4.78, 5) is 11.3. The smallest absolute Gasteiger partial charge is 0.238 e. The highest BCUT2D eigenvalue weighted by molar-refractivity contribution is 7.89. The van der Waals surface area contributed by atoms with E-state index < -0.39 is 10.0 Å². The van der Waals surface area contributed by atoms with Gasteiger partial charge in [-0.3, -0.25) is 4.79 Å². The first-order valence-electron chi connectivity index (χ1n) is 5.07. The van der Waals surface area contributed by atoms with Crippen LogP contribution in [0.4, 0.5) is 5.69 Å². The fourth-order valence-corrected chi connectivity index (χ4v) is 1.75. The quantitative estimate of drug-likeness (QED) is 0.684. The molecule has 0 aliphatic rings. The first-order valence-corrected chi connectivity index (χ1v) is 6.61. The molecule has 0 saturated heterocycles. The van der Waals surface area contributed by atoms with Gasteiger partial charge in [0.2, 0.25) is 15.9 Å². The molecule has 7 heteroatoms. The first-order chi connectivity index (χ1) is 7.93. The third-order valence-electron chi connectivity index (χ3n) is 1.98. The van der Waals surface area contributed by atoms with Gasteiger partial charge in [0, 0.05) is 5.69 Å². The van der Waals surface area contributed by atoms with Gasteiger partial charge in [0.1, 0.15) is 0 Å². The van der Waals surface area contributed by atoms with Gasteiger partial charge in [0.05, 0.1) is 11.4 Å². The number of hydrogen-bond donors (Lipinski definition) is 3. The van der Waals surface area contributed by atoms with E-state index in [0.717, 1.165) is 0 Å². The molecule has 0 fully saturated rings. The summed E-state index contributed by atoms with van der Waals surface area (Å²) in [6, 6.07) is 5.80. The molecule has 94 valence electrons. The molecule has 0 radical (unpaired) electrons. The van der Waals surface area contributed by atoms with Gasteiger partial charge in [-0.15, -0.1) is 0 Å². The minimum Gasteiger partial charge on any atom is -0.325 e. The number of likely N-dealkylation sites (N-methyl/N-ethyl adjacent to an activating group) is 1. The van der Waals surface area contributed by atoms with Gasteiger partial charge in [-0.2, -0.15) is 0 Å². The van der Waals surface area contributed by atoms with E-state index in [2.05, 4.69) is 10.6 Å². The molecular formula is C10H15N3O3S. The van der Waals surface area contributed by atoms with Crippen molar-refractivity contribution in [3.05, 3.63) is 24.3 Å². The van der Waals surface area contributed by atoms with E-state index in [4.69, 9.17) is 5.14 Å². The van der Waals surface area contributed by atoms with Gasteiger partial charge >= 0.3 is 0 Å². The standard InChI is InChI=1S/C10H15N3O3S/c1-2-12-7-10(14)13-8-4-3-5-9(6-8)17(11,15)16/h3-6,12H,2,7H2,1H3,(H,13,14)(H2,11,15,16). The van der Waals surface area contributed by atoms with Crippen molar-refractivity contribution in [2.24, 2.45) is 5.14 Å². The number of benzene rings is 1. The zero-order valence-corrected chi connectivity index (χ0v) is 10.3. The number of nitrogens with two attached hydrogens (primary N) is 1. The monoisotopic (exact) mass is 257 g/mol. The average Bonchev–Trinajstić information content (AvgIpc) is 2.25. The second-order valence-corrected chi connectivity index (χ2v) is 4.96. The van der Waals surface area contributed by atoms with Crippen molar-refractivity contribution < 1.29 is 13.2 Å². The summed E-state index contributed by atoms with van der Waals surface area (Å²) >= 11 is 0. The second kappa shape index (κ2) is 5.76. The summed E-state index contributed by atoms with van der Waals surface area (Å²) in [6.45, 7) is 2.75. The molecule has 0 heterocycles. The molecule has 1 aromatic rings. The second-order valence-electron chi connectivity index (χ2n) is 3.40. The first kappa shape index (κ1) is 13.6. The largest absolute Gasteiger partial charge is 0.325 e. The van der Waals surface area contributed by atoms with Gasteiger partial charge in [0.25, 0.3) is 0 Å². The molecule has 0 atom stereocenters. The van der Waals surface area contributed by atoms with Gasteiger partial charge in [-0.25, -0.2) is 13.6 Å². The minimum absolute atomic E-state index is 0.0289. The summed E-state index contributed by atoms with van der Waals surface area (Å²) in [5.41, 5.74) is 0.402. The molecule has 0 spiro atoms. The molecule has 0 unspecified atom stereocenters. The summed E-state index contributed by atoms with van der Waals surface area (Å²) in [5, 5.41) is 10.4. The molecule has 4 N–H and O–H groups in total. The lowest BCUT2D eigenvalue weighted by molar-refractivity contribution is -0.115. The molecule has 1 amide bonds. The highest BCUT2D eigenvalue weighted by Gasteiger charge is 2.08. The number of amides is 1. The predicted molar refractivity (Wildman–Crippen MR) is 65.0 cm³/mol. The molecule has 1 aromatic carbocycles. The SMILES string of the molecule is CCNCC(=O)Nc1cccc(S(N)(=O)=O)c1. The number of rotatable bonds is 5. The van der Waals surface area contributed by atoms with Gasteiger partial charge in [-0.1, -0.05) is 13.0 Å². The van der Waals surface area contributed by atoms with Crippen LogP contribution in [0.2, 0.25) is 0 Å². The topological polar surface area (TPSA) is 101 Å². The van der Waals surface area contributed by atoms with Crippen LogP contribution in [0, 0.1) is 0 Å². The lowest BCUT2D eigenvalue weighted by Crippen LogP contribution is -2.27. The van der Waals surface area contributed by atoms with Crippen LogP contribution in [0.15, 0.2) is 29.2 Å². The minimum atomic E-state index is -3.74. The Bertz CT molecular complexity index is 499. The Labute approximate surface area is 100 Å². The van der Waals surface area contributed by atoms with E-state index >= 15 is 0 Å². The van der Waals surface area contributed by atoms with Crippen LogP contribution in [-0.2, 0) is 14.8 Å². The lowest BCUT2D eigenvalue weighted by Gasteiger charge is -2.06. The van der Waals surface area contributed by atoms with Crippen LogP contribution in [0.25, 0.3) is 0 Å². The van der Waals surface area contributed by atoms with Crippen LogP contribution in [-0.4, -0.2) is 27.4 Å². The number of hydrogen-bond acceptors (Lipinski definition) is 4. The molecule has 6 nitrogen and oxygen atoms in total. The molecule has 0 aliphatic carbocycles. The summed E-state index contributed by atoms with van der Waals surface area (Å²) in [7, 11) is -3.74. The van der Waals surface area contributed by atoms with Crippen LogP contribution >= 0.6 is 0 Å². The average molecular weight is 257 g/mol. The Hall–Kier alpha value is -1.44. The predicted octanol–water partition coefficient (Wildman–Crippen LogP) is -0.118. The van der Waals surface area contributed by atoms with Crippen LogP contribution in [0.3, 0.4) is 0 Å². The Morgan fingerprint density at radius 2 is 2.12 bits per heavy atom. The van der Waals surface area contributed by atoms with Crippen molar-refractivity contribution >= 4 is 21.6 Å². The van der Waals surface area contributed by atoms with Crippen molar-refractivity contribution in [3.63, 3.8) is 0 Å².